The summed E-state index contributed by atoms with van der Waals surface area (Å²) in [4.78, 5) is 0. The number of thiophene rings is 1. The number of aryl methyl sites for hydroxylation is 1. The van der Waals surface area contributed by atoms with E-state index in [-0.39, 0.29) is 12.4 Å². The number of benzene rings is 1. The first-order valence-electron chi connectivity index (χ1n) is 4.48. The lowest BCUT2D eigenvalue weighted by Gasteiger charge is -1.97. The van der Waals surface area contributed by atoms with Gasteiger partial charge in [-0.1, -0.05) is 17.7 Å². The molecular weight excluding hydrogens is 214 g/mol. The maximum atomic E-state index is 5.55. The summed E-state index contributed by atoms with van der Waals surface area (Å²) >= 11 is 1.81. The largest absolute Gasteiger partial charge is 0.330 e. The van der Waals surface area contributed by atoms with Crippen LogP contribution in [0.15, 0.2) is 23.6 Å². The Hall–Kier alpha value is -0.570. The second-order valence-corrected chi connectivity index (χ2v) is 4.21. The zero-order chi connectivity index (χ0) is 9.26. The fourth-order valence-corrected chi connectivity index (χ4v) is 2.52. The van der Waals surface area contributed by atoms with Crippen molar-refractivity contribution in [1.29, 1.82) is 0 Å². The first-order valence-corrected chi connectivity index (χ1v) is 5.36. The van der Waals surface area contributed by atoms with Crippen LogP contribution >= 0.6 is 23.7 Å². The molecule has 0 spiro atoms. The van der Waals surface area contributed by atoms with E-state index in [2.05, 4.69) is 30.5 Å². The van der Waals surface area contributed by atoms with Crippen LogP contribution in [0.3, 0.4) is 0 Å². The Bertz CT molecular complexity index is 422. The second-order valence-electron chi connectivity index (χ2n) is 3.30. The summed E-state index contributed by atoms with van der Waals surface area (Å²) in [5.74, 6) is 0. The van der Waals surface area contributed by atoms with Gasteiger partial charge in [-0.2, -0.15) is 0 Å². The van der Waals surface area contributed by atoms with Crippen molar-refractivity contribution >= 4 is 33.8 Å². The lowest BCUT2D eigenvalue weighted by atomic mass is 10.1. The second kappa shape index (κ2) is 4.78. The molecule has 14 heavy (non-hydrogen) atoms. The van der Waals surface area contributed by atoms with Gasteiger partial charge in [0.25, 0.3) is 0 Å². The summed E-state index contributed by atoms with van der Waals surface area (Å²) < 4.78 is 1.37. The van der Waals surface area contributed by atoms with E-state index in [9.17, 15) is 0 Å². The van der Waals surface area contributed by atoms with Gasteiger partial charge in [0.05, 0.1) is 0 Å². The molecule has 1 aromatic carbocycles. The number of rotatable bonds is 2. The Morgan fingerprint density at radius 2 is 2.14 bits per heavy atom. The molecule has 1 nitrogen and oxygen atoms in total. The molecule has 0 amide bonds. The van der Waals surface area contributed by atoms with Gasteiger partial charge in [-0.05, 0) is 42.3 Å². The molecule has 0 aliphatic heterocycles. The predicted molar refractivity (Wildman–Crippen MR) is 66.6 cm³/mol. The van der Waals surface area contributed by atoms with E-state index in [1.165, 1.54) is 21.2 Å². The van der Waals surface area contributed by atoms with Gasteiger partial charge in [-0.25, -0.2) is 0 Å². The minimum Gasteiger partial charge on any atom is -0.330 e. The molecule has 0 aliphatic rings. The highest BCUT2D eigenvalue weighted by Gasteiger charge is 2.02. The molecule has 76 valence electrons. The van der Waals surface area contributed by atoms with Crippen LogP contribution in [0.1, 0.15) is 11.1 Å². The summed E-state index contributed by atoms with van der Waals surface area (Å²) in [6, 6.07) is 6.59. The molecule has 2 aromatic rings. The number of hydrogen-bond donors (Lipinski definition) is 1. The van der Waals surface area contributed by atoms with E-state index < -0.39 is 0 Å². The van der Waals surface area contributed by atoms with Crippen LogP contribution in [0.25, 0.3) is 10.1 Å². The topological polar surface area (TPSA) is 26.0 Å². The maximum Gasteiger partial charge on any atom is 0.0345 e. The standard InChI is InChI=1S/C11H13NS.ClH/c1-8-2-3-11-10(6-8)9(4-5-12)7-13-11;/h2-3,6-7H,4-5,12H2,1H3;1H. The highest BCUT2D eigenvalue weighted by molar-refractivity contribution is 7.17. The molecule has 0 radical (unpaired) electrons. The van der Waals surface area contributed by atoms with Crippen molar-refractivity contribution in [3.63, 3.8) is 0 Å². The van der Waals surface area contributed by atoms with Crippen LogP contribution in [0, 0.1) is 6.92 Å². The molecule has 0 fully saturated rings. The van der Waals surface area contributed by atoms with Gasteiger partial charge < -0.3 is 5.73 Å². The van der Waals surface area contributed by atoms with Crippen molar-refractivity contribution in [3.8, 4) is 0 Å². The van der Waals surface area contributed by atoms with Gasteiger partial charge in [-0.3, -0.25) is 0 Å². The Morgan fingerprint density at radius 3 is 2.86 bits per heavy atom. The third-order valence-electron chi connectivity index (χ3n) is 2.22. The molecule has 3 heteroatoms. The lowest BCUT2D eigenvalue weighted by molar-refractivity contribution is 0.981. The van der Waals surface area contributed by atoms with Gasteiger partial charge >= 0.3 is 0 Å². The highest BCUT2D eigenvalue weighted by atomic mass is 35.5. The molecule has 2 rings (SSSR count). The van der Waals surface area contributed by atoms with Gasteiger partial charge in [0.2, 0.25) is 0 Å². The summed E-state index contributed by atoms with van der Waals surface area (Å²) in [7, 11) is 0. The fourth-order valence-electron chi connectivity index (χ4n) is 1.54. The third-order valence-corrected chi connectivity index (χ3v) is 3.24. The molecule has 0 aliphatic carbocycles. The Kier molecular flexibility index (Phi) is 3.93. The summed E-state index contributed by atoms with van der Waals surface area (Å²) in [6.45, 7) is 2.86. The number of hydrogen-bond acceptors (Lipinski definition) is 2. The van der Waals surface area contributed by atoms with Crippen LogP contribution in [-0.4, -0.2) is 6.54 Å². The van der Waals surface area contributed by atoms with Gasteiger partial charge in [0.1, 0.15) is 0 Å². The van der Waals surface area contributed by atoms with Gasteiger partial charge in [0, 0.05) is 4.70 Å². The Balaban J connectivity index is 0.000000980. The fraction of sp³-hybridized carbons (Fsp3) is 0.273. The maximum absolute atomic E-state index is 5.55. The molecule has 2 N–H and O–H groups in total. The normalized spacial score (nSPS) is 10.1. The molecular formula is C11H14ClNS. The average Bonchev–Trinajstić information content (AvgIpc) is 2.49. The first kappa shape index (κ1) is 11.5. The van der Waals surface area contributed by atoms with Crippen LogP contribution in [0.4, 0.5) is 0 Å². The first-order chi connectivity index (χ1) is 6.31. The van der Waals surface area contributed by atoms with E-state index >= 15 is 0 Å². The SMILES string of the molecule is Cc1ccc2scc(CCN)c2c1.Cl. The average molecular weight is 228 g/mol. The van der Waals surface area contributed by atoms with Crippen LogP contribution < -0.4 is 5.73 Å². The van der Waals surface area contributed by atoms with E-state index in [1.807, 2.05) is 11.3 Å². The van der Waals surface area contributed by atoms with E-state index in [4.69, 9.17) is 5.73 Å². The van der Waals surface area contributed by atoms with Crippen molar-refractivity contribution in [2.24, 2.45) is 5.73 Å². The Morgan fingerprint density at radius 1 is 1.36 bits per heavy atom. The third kappa shape index (κ3) is 2.08. The molecule has 1 heterocycles. The monoisotopic (exact) mass is 227 g/mol. The lowest BCUT2D eigenvalue weighted by Crippen LogP contribution is -2.01. The van der Waals surface area contributed by atoms with Crippen LogP contribution in [0.5, 0.6) is 0 Å². The minimum absolute atomic E-state index is 0. The zero-order valence-corrected chi connectivity index (χ0v) is 9.75. The molecule has 0 atom stereocenters. The van der Waals surface area contributed by atoms with Crippen LogP contribution in [0.2, 0.25) is 0 Å². The zero-order valence-electron chi connectivity index (χ0n) is 8.12. The van der Waals surface area contributed by atoms with Gasteiger partial charge in [-0.15, -0.1) is 23.7 Å². The molecule has 1 aromatic heterocycles. The van der Waals surface area contributed by atoms with Crippen molar-refractivity contribution in [3.05, 3.63) is 34.7 Å². The minimum atomic E-state index is 0. The number of halogens is 1. The summed E-state index contributed by atoms with van der Waals surface area (Å²) in [5, 5.41) is 3.60. The summed E-state index contributed by atoms with van der Waals surface area (Å²) in [5.41, 5.74) is 8.27. The van der Waals surface area contributed by atoms with Crippen molar-refractivity contribution in [2.45, 2.75) is 13.3 Å². The molecule has 0 saturated carbocycles. The number of nitrogens with two attached hydrogens (primary N) is 1. The Labute approximate surface area is 94.3 Å². The molecule has 0 bridgehead atoms. The van der Waals surface area contributed by atoms with Crippen LogP contribution in [-0.2, 0) is 6.42 Å². The predicted octanol–water partition coefficient (Wildman–Crippen LogP) is 3.13. The van der Waals surface area contributed by atoms with Gasteiger partial charge in [0.15, 0.2) is 0 Å². The number of fused-ring (bicyclic) bond motifs is 1. The molecule has 0 saturated heterocycles. The smallest absolute Gasteiger partial charge is 0.0345 e. The summed E-state index contributed by atoms with van der Waals surface area (Å²) in [6.07, 6.45) is 0.990. The highest BCUT2D eigenvalue weighted by Crippen LogP contribution is 2.26. The van der Waals surface area contributed by atoms with Crippen molar-refractivity contribution in [1.82, 2.24) is 0 Å². The van der Waals surface area contributed by atoms with Crippen molar-refractivity contribution in [2.75, 3.05) is 6.54 Å². The van der Waals surface area contributed by atoms with E-state index in [0.29, 0.717) is 0 Å². The van der Waals surface area contributed by atoms with Crippen molar-refractivity contribution < 1.29 is 0 Å². The quantitative estimate of drug-likeness (QED) is 0.838. The van der Waals surface area contributed by atoms with E-state index in [1.54, 1.807) is 0 Å². The van der Waals surface area contributed by atoms with E-state index in [0.717, 1.165) is 13.0 Å². The molecule has 0 unspecified atom stereocenters.